The predicted molar refractivity (Wildman–Crippen MR) is 107 cm³/mol. The van der Waals surface area contributed by atoms with Crippen LogP contribution < -0.4 is 24.8 Å². The number of hydrogen-bond donors (Lipinski definition) is 2. The van der Waals surface area contributed by atoms with Gasteiger partial charge in [0.25, 0.3) is 0 Å². The van der Waals surface area contributed by atoms with E-state index in [4.69, 9.17) is 14.2 Å². The molecule has 1 aromatic rings. The molecule has 2 unspecified atom stereocenters. The molecule has 2 N–H and O–H groups in total. The monoisotopic (exact) mass is 449 g/mol. The Labute approximate surface area is 161 Å². The average Bonchev–Trinajstić information content (AvgIpc) is 3.26. The number of rotatable bonds is 7. The third-order valence-electron chi connectivity index (χ3n) is 3.92. The lowest BCUT2D eigenvalue weighted by Crippen LogP contribution is -2.39. The van der Waals surface area contributed by atoms with Gasteiger partial charge in [0.1, 0.15) is 0 Å². The van der Waals surface area contributed by atoms with E-state index in [0.29, 0.717) is 29.8 Å². The Hall–Kier alpha value is -1.38. The summed E-state index contributed by atoms with van der Waals surface area (Å²) in [5, 5.41) is 6.72. The number of ether oxygens (including phenoxy) is 3. The maximum absolute atomic E-state index is 5.38. The molecule has 0 heterocycles. The zero-order valence-electron chi connectivity index (χ0n) is 15.0. The van der Waals surface area contributed by atoms with Crippen LogP contribution >= 0.6 is 24.0 Å². The highest BCUT2D eigenvalue weighted by molar-refractivity contribution is 14.0. The van der Waals surface area contributed by atoms with Gasteiger partial charge in [0, 0.05) is 12.6 Å². The molecule has 1 aliphatic carbocycles. The summed E-state index contributed by atoms with van der Waals surface area (Å²) >= 11 is 0. The Bertz CT molecular complexity index is 541. The van der Waals surface area contributed by atoms with Crippen LogP contribution in [0.5, 0.6) is 17.2 Å². The average molecular weight is 449 g/mol. The quantitative estimate of drug-likeness (QED) is 0.381. The van der Waals surface area contributed by atoms with Crippen molar-refractivity contribution in [3.8, 4) is 17.2 Å². The zero-order valence-corrected chi connectivity index (χ0v) is 17.3. The lowest BCUT2D eigenvalue weighted by atomic mass is 10.2. The van der Waals surface area contributed by atoms with E-state index in [1.165, 1.54) is 6.42 Å². The van der Waals surface area contributed by atoms with Crippen molar-refractivity contribution in [1.29, 1.82) is 0 Å². The van der Waals surface area contributed by atoms with Crippen LogP contribution in [0.15, 0.2) is 17.1 Å². The summed E-state index contributed by atoms with van der Waals surface area (Å²) in [6, 6.07) is 4.38. The molecule has 0 bridgehead atoms. The third kappa shape index (κ3) is 5.32. The van der Waals surface area contributed by atoms with Gasteiger partial charge in [0.2, 0.25) is 5.75 Å². The molecule has 1 fully saturated rings. The van der Waals surface area contributed by atoms with Gasteiger partial charge in [-0.2, -0.15) is 0 Å². The molecule has 7 heteroatoms. The largest absolute Gasteiger partial charge is 0.493 e. The molecule has 0 amide bonds. The van der Waals surface area contributed by atoms with Gasteiger partial charge >= 0.3 is 0 Å². The first-order chi connectivity index (χ1) is 11.1. The van der Waals surface area contributed by atoms with Crippen LogP contribution in [0.3, 0.4) is 0 Å². The van der Waals surface area contributed by atoms with Crippen LogP contribution in [-0.4, -0.2) is 39.9 Å². The van der Waals surface area contributed by atoms with Crippen molar-refractivity contribution in [2.24, 2.45) is 10.9 Å². The molecule has 24 heavy (non-hydrogen) atoms. The Morgan fingerprint density at radius 2 is 1.75 bits per heavy atom. The van der Waals surface area contributed by atoms with E-state index >= 15 is 0 Å². The summed E-state index contributed by atoms with van der Waals surface area (Å²) in [7, 11) is 4.83. The zero-order chi connectivity index (χ0) is 16.8. The molecule has 2 rings (SSSR count). The molecule has 0 aromatic heterocycles. The first kappa shape index (κ1) is 20.7. The predicted octanol–water partition coefficient (Wildman–Crippen LogP) is 2.79. The number of halogens is 1. The van der Waals surface area contributed by atoms with Crippen molar-refractivity contribution in [3.63, 3.8) is 0 Å². The van der Waals surface area contributed by atoms with E-state index in [2.05, 4.69) is 29.5 Å². The molecule has 0 radical (unpaired) electrons. The minimum atomic E-state index is 0. The second-order valence-electron chi connectivity index (χ2n) is 5.69. The van der Waals surface area contributed by atoms with Crippen molar-refractivity contribution < 1.29 is 14.2 Å². The van der Waals surface area contributed by atoms with Crippen molar-refractivity contribution in [2.45, 2.75) is 32.9 Å². The van der Waals surface area contributed by atoms with Crippen molar-refractivity contribution >= 4 is 29.9 Å². The molecule has 0 spiro atoms. The number of nitrogens with zero attached hydrogens (tertiary/aromatic N) is 1. The number of benzene rings is 1. The van der Waals surface area contributed by atoms with Gasteiger partial charge in [-0.25, -0.2) is 4.99 Å². The highest BCUT2D eigenvalue weighted by Crippen LogP contribution is 2.38. The Morgan fingerprint density at radius 3 is 2.17 bits per heavy atom. The van der Waals surface area contributed by atoms with Gasteiger partial charge < -0.3 is 24.8 Å². The lowest BCUT2D eigenvalue weighted by Gasteiger charge is -2.14. The summed E-state index contributed by atoms with van der Waals surface area (Å²) in [5.74, 6) is 3.45. The van der Waals surface area contributed by atoms with Crippen molar-refractivity contribution in [3.05, 3.63) is 17.7 Å². The van der Waals surface area contributed by atoms with Gasteiger partial charge in [-0.3, -0.25) is 0 Å². The first-order valence-corrected chi connectivity index (χ1v) is 7.96. The van der Waals surface area contributed by atoms with E-state index in [0.717, 1.165) is 24.0 Å². The van der Waals surface area contributed by atoms with E-state index in [1.54, 1.807) is 21.3 Å². The van der Waals surface area contributed by atoms with Crippen LogP contribution in [0, 0.1) is 5.92 Å². The highest BCUT2D eigenvalue weighted by Gasteiger charge is 2.33. The Morgan fingerprint density at radius 1 is 1.17 bits per heavy atom. The van der Waals surface area contributed by atoms with Crippen LogP contribution in [-0.2, 0) is 6.54 Å². The fourth-order valence-corrected chi connectivity index (χ4v) is 2.42. The molecule has 1 saturated carbocycles. The standard InChI is InChI=1S/C17H27N3O3.HI/c1-6-18-17(20-13-7-11(13)2)19-10-12-8-14(21-3)16(23-5)15(9-12)22-4;/h8-9,11,13H,6-7,10H2,1-5H3,(H2,18,19,20);1H. The highest BCUT2D eigenvalue weighted by atomic mass is 127. The van der Waals surface area contributed by atoms with Crippen LogP contribution in [0.4, 0.5) is 0 Å². The van der Waals surface area contributed by atoms with Crippen LogP contribution in [0.1, 0.15) is 25.8 Å². The van der Waals surface area contributed by atoms with E-state index in [9.17, 15) is 0 Å². The second-order valence-corrected chi connectivity index (χ2v) is 5.69. The minimum absolute atomic E-state index is 0. The molecule has 0 saturated heterocycles. The molecule has 2 atom stereocenters. The van der Waals surface area contributed by atoms with Gasteiger partial charge in [-0.1, -0.05) is 6.92 Å². The lowest BCUT2D eigenvalue weighted by molar-refractivity contribution is 0.324. The fourth-order valence-electron chi connectivity index (χ4n) is 2.42. The van der Waals surface area contributed by atoms with Gasteiger partial charge in [-0.15, -0.1) is 24.0 Å². The maximum Gasteiger partial charge on any atom is 0.203 e. The van der Waals surface area contributed by atoms with Gasteiger partial charge in [0.05, 0.1) is 27.9 Å². The third-order valence-corrected chi connectivity index (χ3v) is 3.92. The Kier molecular flexibility index (Phi) is 8.44. The topological polar surface area (TPSA) is 64.1 Å². The normalized spacial score (nSPS) is 19.1. The number of hydrogen-bond acceptors (Lipinski definition) is 4. The second kappa shape index (κ2) is 9.80. The van der Waals surface area contributed by atoms with Crippen molar-refractivity contribution in [1.82, 2.24) is 10.6 Å². The minimum Gasteiger partial charge on any atom is -0.493 e. The molecule has 1 aromatic carbocycles. The van der Waals surface area contributed by atoms with Gasteiger partial charge in [0.15, 0.2) is 17.5 Å². The number of guanidine groups is 1. The van der Waals surface area contributed by atoms with Crippen LogP contribution in [0.2, 0.25) is 0 Å². The number of nitrogens with one attached hydrogen (secondary N) is 2. The first-order valence-electron chi connectivity index (χ1n) is 7.96. The van der Waals surface area contributed by atoms with E-state index in [-0.39, 0.29) is 24.0 Å². The Balaban J connectivity index is 0.00000288. The number of methoxy groups -OCH3 is 3. The molecule has 1 aliphatic rings. The SMILES string of the molecule is CCNC(=NCc1cc(OC)c(OC)c(OC)c1)NC1CC1C.I. The smallest absolute Gasteiger partial charge is 0.203 e. The van der Waals surface area contributed by atoms with Crippen molar-refractivity contribution in [2.75, 3.05) is 27.9 Å². The van der Waals surface area contributed by atoms with E-state index in [1.807, 2.05) is 12.1 Å². The molecule has 6 nitrogen and oxygen atoms in total. The molecule has 136 valence electrons. The fraction of sp³-hybridized carbons (Fsp3) is 0.588. The summed E-state index contributed by atoms with van der Waals surface area (Å²) in [4.78, 5) is 4.65. The molecular formula is C17H28IN3O3. The summed E-state index contributed by atoms with van der Waals surface area (Å²) in [6.07, 6.45) is 1.20. The summed E-state index contributed by atoms with van der Waals surface area (Å²) in [6.45, 7) is 5.67. The summed E-state index contributed by atoms with van der Waals surface area (Å²) < 4.78 is 16.1. The summed E-state index contributed by atoms with van der Waals surface area (Å²) in [5.41, 5.74) is 1.00. The number of aliphatic imine (C=N–C) groups is 1. The maximum atomic E-state index is 5.38. The van der Waals surface area contributed by atoms with Gasteiger partial charge in [-0.05, 0) is 37.0 Å². The molecular weight excluding hydrogens is 421 g/mol. The van der Waals surface area contributed by atoms with Crippen LogP contribution in [0.25, 0.3) is 0 Å². The van der Waals surface area contributed by atoms with E-state index < -0.39 is 0 Å². The molecule has 0 aliphatic heterocycles.